The Labute approximate surface area is 44.5 Å². The molecule has 0 aromatic rings. The van der Waals surface area contributed by atoms with Gasteiger partial charge in [0.05, 0.1) is 5.88 Å². The van der Waals surface area contributed by atoms with Crippen molar-refractivity contribution in [3.63, 3.8) is 0 Å². The molecule has 0 aromatic heterocycles. The highest BCUT2D eigenvalue weighted by Crippen LogP contribution is 1.69. The summed E-state index contributed by atoms with van der Waals surface area (Å²) in [6.45, 7) is 3.18. The summed E-state index contributed by atoms with van der Waals surface area (Å²) in [4.78, 5) is 0. The van der Waals surface area contributed by atoms with Gasteiger partial charge in [0.25, 0.3) is 0 Å². The van der Waals surface area contributed by atoms with Gasteiger partial charge in [-0.05, 0) is 13.0 Å². The molecule has 37 valence electrons. The van der Waals surface area contributed by atoms with E-state index in [2.05, 4.69) is 24.9 Å². The summed E-state index contributed by atoms with van der Waals surface area (Å²) in [5.41, 5.74) is 0. The number of nitrogens with one attached hydrogen (secondary N) is 1. The van der Waals surface area contributed by atoms with Crippen molar-refractivity contribution in [3.8, 4) is 0 Å². The average Bonchev–Trinajstić information content (AvgIpc) is 1.61. The van der Waals surface area contributed by atoms with Crippen LogP contribution in [0.1, 0.15) is 13.3 Å². The van der Waals surface area contributed by atoms with Crippen LogP contribution in [0.4, 0.5) is 0 Å². The highest BCUT2D eigenvalue weighted by Gasteiger charge is 1.72. The molecule has 1 N–H and O–H groups in total. The summed E-state index contributed by atoms with van der Waals surface area (Å²) in [5, 5.41) is 3.01. The van der Waals surface area contributed by atoms with Gasteiger partial charge in [0.1, 0.15) is 0 Å². The van der Waals surface area contributed by atoms with Gasteiger partial charge in [-0.15, -0.1) is 0 Å². The third-order valence-electron chi connectivity index (χ3n) is 0.529. The van der Waals surface area contributed by atoms with Crippen molar-refractivity contribution in [1.82, 2.24) is 5.32 Å². The molecule has 0 bridgehead atoms. The van der Waals surface area contributed by atoms with Crippen LogP contribution in [0.3, 0.4) is 0 Å². The topological polar surface area (TPSA) is 12.0 Å². The highest BCUT2D eigenvalue weighted by atomic mass is 32.1. The molecule has 0 spiro atoms. The van der Waals surface area contributed by atoms with Crippen LogP contribution in [0.2, 0.25) is 0 Å². The fourth-order valence-corrected chi connectivity index (χ4v) is 0.393. The van der Waals surface area contributed by atoms with Crippen LogP contribution in [-0.4, -0.2) is 12.4 Å². The second kappa shape index (κ2) is 5.31. The maximum atomic E-state index is 4.61. The summed E-state index contributed by atoms with van der Waals surface area (Å²) in [6.07, 6.45) is 1.18. The van der Waals surface area contributed by atoms with Gasteiger partial charge in [-0.25, -0.2) is 0 Å². The first-order valence-electron chi connectivity index (χ1n) is 2.20. The molecule has 2 heteroatoms. The van der Waals surface area contributed by atoms with Crippen LogP contribution < -0.4 is 5.32 Å². The molecule has 0 amide bonds. The first-order chi connectivity index (χ1) is 2.91. The lowest BCUT2D eigenvalue weighted by Crippen LogP contribution is -2.10. The van der Waals surface area contributed by atoms with E-state index in [1.807, 2.05) is 0 Å². The SMILES string of the molecule is CCCNC[S]. The molecule has 0 unspecified atom stereocenters. The van der Waals surface area contributed by atoms with Crippen molar-refractivity contribution in [3.05, 3.63) is 0 Å². The van der Waals surface area contributed by atoms with Gasteiger partial charge in [-0.3, -0.25) is 0 Å². The van der Waals surface area contributed by atoms with Crippen molar-refractivity contribution in [2.24, 2.45) is 0 Å². The predicted molar refractivity (Wildman–Crippen MR) is 30.8 cm³/mol. The van der Waals surface area contributed by atoms with Crippen molar-refractivity contribution < 1.29 is 0 Å². The minimum absolute atomic E-state index is 0.688. The first-order valence-corrected chi connectivity index (χ1v) is 2.78. The normalized spacial score (nSPS) is 9.00. The molecule has 0 aliphatic heterocycles. The lowest BCUT2D eigenvalue weighted by molar-refractivity contribution is 0.758. The van der Waals surface area contributed by atoms with Crippen molar-refractivity contribution >= 4 is 12.6 Å². The molecule has 0 fully saturated rings. The Bertz CT molecular complexity index is 19.5. The Morgan fingerprint density at radius 1 is 1.67 bits per heavy atom. The van der Waals surface area contributed by atoms with Gasteiger partial charge in [0, 0.05) is 0 Å². The maximum Gasteiger partial charge on any atom is 0.0523 e. The molecule has 1 radical (unpaired) electrons. The Morgan fingerprint density at radius 2 is 2.33 bits per heavy atom. The van der Waals surface area contributed by atoms with Crippen molar-refractivity contribution in [1.29, 1.82) is 0 Å². The summed E-state index contributed by atoms with van der Waals surface area (Å²) in [6, 6.07) is 0. The minimum atomic E-state index is 0.688. The van der Waals surface area contributed by atoms with E-state index in [1.54, 1.807) is 0 Å². The van der Waals surface area contributed by atoms with E-state index in [0.717, 1.165) is 6.54 Å². The van der Waals surface area contributed by atoms with Gasteiger partial charge in [0.2, 0.25) is 0 Å². The molecule has 1 nitrogen and oxygen atoms in total. The Balaban J connectivity index is 2.34. The number of hydrogen-bond donors (Lipinski definition) is 1. The van der Waals surface area contributed by atoms with E-state index in [1.165, 1.54) is 6.42 Å². The largest absolute Gasteiger partial charge is 0.307 e. The van der Waals surface area contributed by atoms with Crippen LogP contribution in [0.15, 0.2) is 0 Å². The molecule has 0 aliphatic rings. The molecule has 0 rings (SSSR count). The fraction of sp³-hybridized carbons (Fsp3) is 1.00. The molecule has 0 heterocycles. The second-order valence-corrected chi connectivity index (χ2v) is 1.43. The maximum absolute atomic E-state index is 4.61. The van der Waals surface area contributed by atoms with E-state index in [-0.39, 0.29) is 0 Å². The quantitative estimate of drug-likeness (QED) is 0.529. The Morgan fingerprint density at radius 3 is 2.50 bits per heavy atom. The zero-order valence-corrected chi connectivity index (χ0v) is 4.85. The average molecular weight is 104 g/mol. The molecular formula is C4H10NS. The lowest BCUT2D eigenvalue weighted by atomic mass is 10.5. The van der Waals surface area contributed by atoms with E-state index in [4.69, 9.17) is 0 Å². The van der Waals surface area contributed by atoms with Crippen molar-refractivity contribution in [2.75, 3.05) is 12.4 Å². The van der Waals surface area contributed by atoms with Crippen LogP contribution in [0.25, 0.3) is 0 Å². The third kappa shape index (κ3) is 4.31. The number of hydrogen-bond acceptors (Lipinski definition) is 1. The molecule has 0 atom stereocenters. The van der Waals surface area contributed by atoms with E-state index >= 15 is 0 Å². The Kier molecular flexibility index (Phi) is 5.58. The van der Waals surface area contributed by atoms with E-state index in [9.17, 15) is 0 Å². The van der Waals surface area contributed by atoms with Gasteiger partial charge in [-0.2, -0.15) is 0 Å². The lowest BCUT2D eigenvalue weighted by Gasteiger charge is -1.90. The highest BCUT2D eigenvalue weighted by molar-refractivity contribution is 7.80. The summed E-state index contributed by atoms with van der Waals surface area (Å²) in [7, 11) is 0. The zero-order valence-electron chi connectivity index (χ0n) is 4.03. The van der Waals surface area contributed by atoms with Gasteiger partial charge >= 0.3 is 0 Å². The molecule has 0 saturated carbocycles. The Hall–Kier alpha value is 0.310. The van der Waals surface area contributed by atoms with Crippen LogP contribution in [-0.2, 0) is 0 Å². The second-order valence-electron chi connectivity index (χ2n) is 1.14. The minimum Gasteiger partial charge on any atom is -0.307 e. The molecule has 0 aromatic carbocycles. The standard InChI is InChI=1S/C4H10NS/c1-2-3-5-4-6/h5H,2-4H2,1H3. The first kappa shape index (κ1) is 6.31. The van der Waals surface area contributed by atoms with Crippen molar-refractivity contribution in [2.45, 2.75) is 13.3 Å². The predicted octanol–water partition coefficient (Wildman–Crippen LogP) is 1.14. The van der Waals surface area contributed by atoms with E-state index in [0.29, 0.717) is 5.88 Å². The van der Waals surface area contributed by atoms with Gasteiger partial charge < -0.3 is 5.32 Å². The van der Waals surface area contributed by atoms with Gasteiger partial charge in [0.15, 0.2) is 0 Å². The summed E-state index contributed by atoms with van der Waals surface area (Å²) < 4.78 is 0. The molecule has 0 saturated heterocycles. The monoisotopic (exact) mass is 104 g/mol. The van der Waals surface area contributed by atoms with Crippen LogP contribution in [0, 0.1) is 0 Å². The van der Waals surface area contributed by atoms with Crippen LogP contribution >= 0.6 is 12.6 Å². The fourth-order valence-electron chi connectivity index (χ4n) is 0.249. The molecule has 6 heavy (non-hydrogen) atoms. The summed E-state index contributed by atoms with van der Waals surface area (Å²) >= 11 is 4.61. The third-order valence-corrected chi connectivity index (χ3v) is 0.733. The smallest absolute Gasteiger partial charge is 0.0523 e. The summed E-state index contributed by atoms with van der Waals surface area (Å²) in [5.74, 6) is 0.688. The molecule has 0 aliphatic carbocycles. The van der Waals surface area contributed by atoms with E-state index < -0.39 is 0 Å². The number of rotatable bonds is 3. The van der Waals surface area contributed by atoms with Crippen LogP contribution in [0.5, 0.6) is 0 Å². The van der Waals surface area contributed by atoms with Gasteiger partial charge in [-0.1, -0.05) is 19.6 Å². The zero-order chi connectivity index (χ0) is 4.83. The molecular weight excluding hydrogens is 94.1 g/mol.